The Bertz CT molecular complexity index is 2170. The summed E-state index contributed by atoms with van der Waals surface area (Å²) in [5.41, 5.74) is 4.95. The number of carbonyl (C=O) groups excluding carboxylic acids is 3. The van der Waals surface area contributed by atoms with Crippen LogP contribution in [0.1, 0.15) is 26.7 Å². The fourth-order valence-corrected chi connectivity index (χ4v) is 6.83. The quantitative estimate of drug-likeness (QED) is 0.0860. The first-order valence-corrected chi connectivity index (χ1v) is 18.0. The van der Waals surface area contributed by atoms with E-state index in [9.17, 15) is 18.8 Å². The summed E-state index contributed by atoms with van der Waals surface area (Å²) < 4.78 is 13.4. The largest absolute Gasteiger partial charge is 0.378 e. The van der Waals surface area contributed by atoms with Gasteiger partial charge in [-0.25, -0.2) is 9.37 Å². The van der Waals surface area contributed by atoms with Gasteiger partial charge in [-0.15, -0.1) is 23.1 Å². The molecule has 52 heavy (non-hydrogen) atoms. The van der Waals surface area contributed by atoms with Crippen molar-refractivity contribution in [3.63, 3.8) is 0 Å². The van der Waals surface area contributed by atoms with Gasteiger partial charge in [0.2, 0.25) is 5.91 Å². The third-order valence-electron chi connectivity index (χ3n) is 7.83. The molecule has 1 aromatic heterocycles. The highest BCUT2D eigenvalue weighted by Gasteiger charge is 2.24. The van der Waals surface area contributed by atoms with Crippen LogP contribution in [0, 0.1) is 5.82 Å². The highest BCUT2D eigenvalue weighted by Crippen LogP contribution is 2.37. The summed E-state index contributed by atoms with van der Waals surface area (Å²) >= 11 is 2.65. The van der Waals surface area contributed by atoms with Gasteiger partial charge in [0.15, 0.2) is 5.13 Å². The van der Waals surface area contributed by atoms with Gasteiger partial charge in [0.1, 0.15) is 16.8 Å². The van der Waals surface area contributed by atoms with E-state index in [-0.39, 0.29) is 17.4 Å². The molecule has 0 spiro atoms. The van der Waals surface area contributed by atoms with Crippen molar-refractivity contribution in [1.82, 2.24) is 10.3 Å². The molecule has 0 aliphatic rings. The lowest BCUT2D eigenvalue weighted by Gasteiger charge is -2.17. The van der Waals surface area contributed by atoms with Crippen molar-refractivity contribution in [2.45, 2.75) is 10.1 Å². The maximum Gasteiger partial charge on any atom is 0.272 e. The zero-order valence-corrected chi connectivity index (χ0v) is 29.9. The molecule has 8 nitrogen and oxygen atoms in total. The van der Waals surface area contributed by atoms with Crippen LogP contribution >= 0.6 is 23.1 Å². The lowest BCUT2D eigenvalue weighted by atomic mass is 10.1. The molecule has 260 valence electrons. The molecule has 0 fully saturated rings. The molecule has 11 heteroatoms. The minimum absolute atomic E-state index is 0.0792. The molecule has 0 radical (unpaired) electrons. The first-order chi connectivity index (χ1) is 25.2. The predicted octanol–water partition coefficient (Wildman–Crippen LogP) is 8.90. The highest BCUT2D eigenvalue weighted by molar-refractivity contribution is 8.00. The van der Waals surface area contributed by atoms with E-state index >= 15 is 0 Å². The fraction of sp³-hybridized carbons (Fsp3) is 0.0732. The number of thioether (sulfide) groups is 1. The van der Waals surface area contributed by atoms with Crippen molar-refractivity contribution in [2.75, 3.05) is 29.6 Å². The number of rotatable bonds is 12. The summed E-state index contributed by atoms with van der Waals surface area (Å²) in [6, 6.07) is 38.9. The minimum Gasteiger partial charge on any atom is -0.378 e. The number of benzene rings is 5. The van der Waals surface area contributed by atoms with Gasteiger partial charge in [-0.3, -0.25) is 14.4 Å². The SMILES string of the molecule is CN(C)c1ccc(/C=C(\NC(=O)c2ccccc2)C(=O)Nc2ccc(SC(C(=O)Nc3nc(-c4ccc(F)cc4)cs3)c3ccccc3)cc2)cc1. The van der Waals surface area contributed by atoms with E-state index in [1.807, 2.05) is 97.2 Å². The molecular formula is C41H34FN5O3S2. The maximum absolute atomic E-state index is 13.7. The molecular weight excluding hydrogens is 694 g/mol. The van der Waals surface area contributed by atoms with Crippen LogP contribution in [0.4, 0.5) is 20.9 Å². The van der Waals surface area contributed by atoms with Gasteiger partial charge in [-0.05, 0) is 90.0 Å². The van der Waals surface area contributed by atoms with Crippen molar-refractivity contribution in [1.29, 1.82) is 0 Å². The summed E-state index contributed by atoms with van der Waals surface area (Å²) in [6.07, 6.45) is 1.63. The first kappa shape index (κ1) is 35.8. The number of nitrogens with one attached hydrogen (secondary N) is 3. The monoisotopic (exact) mass is 727 g/mol. The summed E-state index contributed by atoms with van der Waals surface area (Å²) in [5, 5.41) is 10.2. The van der Waals surface area contributed by atoms with E-state index in [0.29, 0.717) is 22.1 Å². The summed E-state index contributed by atoms with van der Waals surface area (Å²) in [4.78, 5) is 47.6. The second kappa shape index (κ2) is 16.8. The van der Waals surface area contributed by atoms with E-state index in [0.717, 1.165) is 27.3 Å². The third kappa shape index (κ3) is 9.39. The topological polar surface area (TPSA) is 103 Å². The zero-order chi connectivity index (χ0) is 36.5. The highest BCUT2D eigenvalue weighted by atomic mass is 32.2. The molecule has 3 N–H and O–H groups in total. The normalized spacial score (nSPS) is 11.7. The number of hydrogen-bond acceptors (Lipinski definition) is 7. The molecule has 1 heterocycles. The van der Waals surface area contributed by atoms with Crippen LogP contribution in [0.5, 0.6) is 0 Å². The molecule has 1 atom stereocenters. The molecule has 0 aliphatic carbocycles. The van der Waals surface area contributed by atoms with Crippen LogP contribution in [0.15, 0.2) is 149 Å². The number of amides is 3. The summed E-state index contributed by atoms with van der Waals surface area (Å²) in [6.45, 7) is 0. The van der Waals surface area contributed by atoms with Gasteiger partial charge < -0.3 is 20.9 Å². The van der Waals surface area contributed by atoms with Crippen LogP contribution in [-0.2, 0) is 9.59 Å². The standard InChI is InChI=1S/C41H34FN5O3S2/c1-47(2)33-21-13-27(14-22-33)25-35(44-38(48)30-11-7-4-8-12-30)39(49)43-32-19-23-34(24-20-32)52-37(29-9-5-3-6-10-29)40(50)46-41-45-36(26-51-41)28-15-17-31(42)18-16-28/h3-26,37H,1-2H3,(H,43,49)(H,44,48)(H,45,46,50)/b35-25-. The first-order valence-electron chi connectivity index (χ1n) is 16.2. The Kier molecular flexibility index (Phi) is 11.5. The third-order valence-corrected chi connectivity index (χ3v) is 9.85. The van der Waals surface area contributed by atoms with Crippen LogP contribution < -0.4 is 20.9 Å². The van der Waals surface area contributed by atoms with Gasteiger partial charge in [0.05, 0.1) is 5.69 Å². The number of aromatic nitrogens is 1. The average Bonchev–Trinajstić information content (AvgIpc) is 3.63. The Morgan fingerprint density at radius 2 is 1.44 bits per heavy atom. The molecule has 6 aromatic rings. The predicted molar refractivity (Wildman–Crippen MR) is 209 cm³/mol. The van der Waals surface area contributed by atoms with E-state index in [1.165, 1.54) is 35.2 Å². The number of nitrogens with zero attached hydrogens (tertiary/aromatic N) is 2. The van der Waals surface area contributed by atoms with Crippen molar-refractivity contribution < 1.29 is 18.8 Å². The molecule has 0 saturated heterocycles. The second-order valence-electron chi connectivity index (χ2n) is 11.8. The van der Waals surface area contributed by atoms with Crippen molar-refractivity contribution in [2.24, 2.45) is 0 Å². The number of halogens is 1. The Morgan fingerprint density at radius 3 is 2.10 bits per heavy atom. The maximum atomic E-state index is 13.7. The fourth-order valence-electron chi connectivity index (χ4n) is 5.09. The number of carbonyl (C=O) groups is 3. The van der Waals surface area contributed by atoms with Gasteiger partial charge in [0.25, 0.3) is 11.8 Å². The molecule has 3 amide bonds. The summed E-state index contributed by atoms with van der Waals surface area (Å²) in [5.74, 6) is -1.49. The van der Waals surface area contributed by atoms with E-state index in [1.54, 1.807) is 54.6 Å². The van der Waals surface area contributed by atoms with Crippen molar-refractivity contribution in [3.05, 3.63) is 167 Å². The van der Waals surface area contributed by atoms with Crippen LogP contribution in [0.2, 0.25) is 0 Å². The lowest BCUT2D eigenvalue weighted by Crippen LogP contribution is -2.30. The molecule has 6 rings (SSSR count). The Hall–Kier alpha value is -6.04. The van der Waals surface area contributed by atoms with Gasteiger partial charge >= 0.3 is 0 Å². The number of hydrogen-bond donors (Lipinski definition) is 3. The molecule has 0 saturated carbocycles. The Morgan fingerprint density at radius 1 is 0.788 bits per heavy atom. The average molecular weight is 728 g/mol. The van der Waals surface area contributed by atoms with Gasteiger partial charge in [-0.1, -0.05) is 60.7 Å². The molecule has 5 aromatic carbocycles. The van der Waals surface area contributed by atoms with Crippen LogP contribution in [-0.4, -0.2) is 36.8 Å². The van der Waals surface area contributed by atoms with Crippen LogP contribution in [0.3, 0.4) is 0 Å². The minimum atomic E-state index is -0.610. The number of thiazole rings is 1. The Labute approximate surface area is 309 Å². The lowest BCUT2D eigenvalue weighted by molar-refractivity contribution is -0.116. The van der Waals surface area contributed by atoms with Crippen molar-refractivity contribution >= 4 is 63.4 Å². The van der Waals surface area contributed by atoms with Gasteiger partial charge in [-0.2, -0.15) is 0 Å². The van der Waals surface area contributed by atoms with Crippen molar-refractivity contribution in [3.8, 4) is 11.3 Å². The molecule has 1 unspecified atom stereocenters. The summed E-state index contributed by atoms with van der Waals surface area (Å²) in [7, 11) is 3.89. The Balaban J connectivity index is 1.17. The molecule has 0 bridgehead atoms. The van der Waals surface area contributed by atoms with E-state index in [4.69, 9.17) is 0 Å². The smallest absolute Gasteiger partial charge is 0.272 e. The second-order valence-corrected chi connectivity index (χ2v) is 13.8. The molecule has 0 aliphatic heterocycles. The number of anilines is 3. The zero-order valence-electron chi connectivity index (χ0n) is 28.2. The van der Waals surface area contributed by atoms with E-state index < -0.39 is 17.1 Å². The van der Waals surface area contributed by atoms with Gasteiger partial charge in [0, 0.05) is 46.9 Å². The van der Waals surface area contributed by atoms with E-state index in [2.05, 4.69) is 20.9 Å². The van der Waals surface area contributed by atoms with Crippen LogP contribution in [0.25, 0.3) is 17.3 Å².